The van der Waals surface area contributed by atoms with Crippen LogP contribution in [-0.2, 0) is 9.47 Å². The molecule has 4 aliphatic rings. The van der Waals surface area contributed by atoms with Crippen molar-refractivity contribution in [2.75, 3.05) is 52.4 Å². The van der Waals surface area contributed by atoms with Crippen molar-refractivity contribution in [3.8, 4) is 0 Å². The number of hydrogen-bond acceptors (Lipinski definition) is 8. The van der Waals surface area contributed by atoms with E-state index in [-0.39, 0.29) is 12.2 Å². The number of nitrogens with two attached hydrogens (primary N) is 2. The Kier molecular flexibility index (Phi) is 11.9. The fourth-order valence-electron chi connectivity index (χ4n) is 6.31. The van der Waals surface area contributed by atoms with Gasteiger partial charge in [0.25, 0.3) is 0 Å². The third-order valence-corrected chi connectivity index (χ3v) is 8.43. The van der Waals surface area contributed by atoms with E-state index in [4.69, 9.17) is 20.9 Å². The molecule has 4 atom stereocenters. The third kappa shape index (κ3) is 10.3. The molecule has 4 rings (SSSR count). The van der Waals surface area contributed by atoms with Crippen molar-refractivity contribution < 1.29 is 19.1 Å². The molecule has 0 bridgehead atoms. The van der Waals surface area contributed by atoms with E-state index >= 15 is 0 Å². The Morgan fingerprint density at radius 3 is 1.12 bits per heavy atom. The summed E-state index contributed by atoms with van der Waals surface area (Å²) in [4.78, 5) is 32.6. The first-order valence-electron chi connectivity index (χ1n) is 15.7. The van der Waals surface area contributed by atoms with E-state index in [9.17, 15) is 9.59 Å². The van der Waals surface area contributed by atoms with E-state index in [1.807, 2.05) is 51.3 Å². The van der Waals surface area contributed by atoms with Gasteiger partial charge in [-0.25, -0.2) is 9.59 Å². The molecular formula is C30H58N6O4. The molecule has 0 aromatic heterocycles. The van der Waals surface area contributed by atoms with Crippen LogP contribution in [0, 0.1) is 0 Å². The Hall–Kier alpha value is -1.62. The second kappa shape index (κ2) is 14.5. The average Bonchev–Trinajstić information content (AvgIpc) is 2.88. The van der Waals surface area contributed by atoms with Gasteiger partial charge < -0.3 is 30.7 Å². The second-order valence-corrected chi connectivity index (χ2v) is 14.0. The lowest BCUT2D eigenvalue weighted by Gasteiger charge is -2.43. The summed E-state index contributed by atoms with van der Waals surface area (Å²) in [5.74, 6) is 0. The lowest BCUT2D eigenvalue weighted by Crippen LogP contribution is -2.57. The Labute approximate surface area is 243 Å². The molecule has 0 spiro atoms. The van der Waals surface area contributed by atoms with Crippen LogP contribution in [0.3, 0.4) is 0 Å². The molecule has 0 unspecified atom stereocenters. The Morgan fingerprint density at radius 1 is 0.550 bits per heavy atom. The van der Waals surface area contributed by atoms with Gasteiger partial charge in [0, 0.05) is 76.5 Å². The number of carbonyl (C=O) groups excluding carboxylic acids is 2. The van der Waals surface area contributed by atoms with Crippen molar-refractivity contribution in [3.05, 3.63) is 0 Å². The molecule has 0 aromatic rings. The summed E-state index contributed by atoms with van der Waals surface area (Å²) in [5.41, 5.74) is 11.6. The topological polar surface area (TPSA) is 118 Å². The molecule has 2 amide bonds. The number of carbonyl (C=O) groups is 2. The molecule has 0 aromatic carbocycles. The van der Waals surface area contributed by atoms with E-state index < -0.39 is 11.2 Å². The van der Waals surface area contributed by atoms with E-state index in [0.29, 0.717) is 24.2 Å². The summed E-state index contributed by atoms with van der Waals surface area (Å²) in [6, 6.07) is 1.61. The Bertz CT molecular complexity index is 731. The van der Waals surface area contributed by atoms with Crippen LogP contribution in [0.15, 0.2) is 0 Å². The molecule has 2 saturated heterocycles. The van der Waals surface area contributed by atoms with Crippen LogP contribution in [0.5, 0.6) is 0 Å². The minimum absolute atomic E-state index is 0.190. The maximum atomic E-state index is 12.0. The quantitative estimate of drug-likeness (QED) is 0.521. The summed E-state index contributed by atoms with van der Waals surface area (Å²) in [5, 5.41) is 0. The molecule has 10 nitrogen and oxygen atoms in total. The lowest BCUT2D eigenvalue weighted by molar-refractivity contribution is 0.00603. The van der Waals surface area contributed by atoms with Crippen molar-refractivity contribution in [3.63, 3.8) is 0 Å². The first-order valence-corrected chi connectivity index (χ1v) is 15.7. The maximum absolute atomic E-state index is 12.0. The van der Waals surface area contributed by atoms with Crippen LogP contribution < -0.4 is 11.5 Å². The van der Waals surface area contributed by atoms with Gasteiger partial charge in [0.2, 0.25) is 0 Å². The fraction of sp³-hybridized carbons (Fsp3) is 0.933. The highest BCUT2D eigenvalue weighted by Gasteiger charge is 2.33. The van der Waals surface area contributed by atoms with Crippen LogP contribution >= 0.6 is 0 Å². The van der Waals surface area contributed by atoms with Crippen LogP contribution in [0.2, 0.25) is 0 Å². The van der Waals surface area contributed by atoms with Crippen molar-refractivity contribution in [1.82, 2.24) is 19.6 Å². The summed E-state index contributed by atoms with van der Waals surface area (Å²) >= 11 is 0. The second-order valence-electron chi connectivity index (χ2n) is 14.0. The van der Waals surface area contributed by atoms with E-state index in [1.54, 1.807) is 0 Å². The SMILES string of the molecule is CC(C)(C)OC(=O)N1CCN([C@@H]2CCCC[C@H]2N)CC1.CC(C)(C)OC(=O)N1CCN([C@H]2CCCC[C@@H]2N)CC1. The molecule has 40 heavy (non-hydrogen) atoms. The van der Waals surface area contributed by atoms with Crippen LogP contribution in [0.1, 0.15) is 92.9 Å². The van der Waals surface area contributed by atoms with Crippen molar-refractivity contribution in [2.24, 2.45) is 11.5 Å². The monoisotopic (exact) mass is 566 g/mol. The number of ether oxygens (including phenoxy) is 2. The molecule has 4 fully saturated rings. The summed E-state index contributed by atoms with van der Waals surface area (Å²) in [6.45, 7) is 18.1. The van der Waals surface area contributed by atoms with Gasteiger partial charge in [-0.15, -0.1) is 0 Å². The van der Waals surface area contributed by atoms with Crippen LogP contribution in [-0.4, -0.2) is 120 Å². The molecule has 10 heteroatoms. The standard InChI is InChI=1S/2C15H29N3O2/c2*1-15(2,3)20-14(19)18-10-8-17(9-11-18)13-7-5-4-6-12(13)16/h2*12-13H,4-11,16H2,1-3H3/t2*12-,13-/m10/s1. The van der Waals surface area contributed by atoms with Gasteiger partial charge in [-0.1, -0.05) is 25.7 Å². The van der Waals surface area contributed by atoms with Gasteiger partial charge in [0.15, 0.2) is 0 Å². The zero-order chi connectivity index (χ0) is 29.5. The average molecular weight is 567 g/mol. The normalized spacial score (nSPS) is 29.3. The fourth-order valence-corrected chi connectivity index (χ4v) is 6.31. The Morgan fingerprint density at radius 2 is 0.850 bits per heavy atom. The maximum Gasteiger partial charge on any atom is 0.410 e. The van der Waals surface area contributed by atoms with Crippen molar-refractivity contribution >= 4 is 12.2 Å². The zero-order valence-corrected chi connectivity index (χ0v) is 26.2. The minimum Gasteiger partial charge on any atom is -0.444 e. The summed E-state index contributed by atoms with van der Waals surface area (Å²) in [7, 11) is 0. The molecule has 232 valence electrons. The smallest absolute Gasteiger partial charge is 0.410 e. The van der Waals surface area contributed by atoms with E-state index in [0.717, 1.165) is 65.2 Å². The summed E-state index contributed by atoms with van der Waals surface area (Å²) < 4.78 is 10.8. The minimum atomic E-state index is -0.417. The number of nitrogens with zero attached hydrogens (tertiary/aromatic N) is 4. The van der Waals surface area contributed by atoms with Crippen molar-refractivity contribution in [2.45, 2.75) is 128 Å². The molecule has 2 aliphatic heterocycles. The van der Waals surface area contributed by atoms with Crippen LogP contribution in [0.4, 0.5) is 9.59 Å². The zero-order valence-electron chi connectivity index (χ0n) is 26.2. The third-order valence-electron chi connectivity index (χ3n) is 8.43. The molecule has 2 aliphatic carbocycles. The van der Waals surface area contributed by atoms with Gasteiger partial charge in [0.05, 0.1) is 0 Å². The highest BCUT2D eigenvalue weighted by Crippen LogP contribution is 2.24. The first kappa shape index (κ1) is 32.9. The lowest BCUT2D eigenvalue weighted by atomic mass is 9.89. The molecule has 4 N–H and O–H groups in total. The summed E-state index contributed by atoms with van der Waals surface area (Å²) in [6.07, 6.45) is 9.38. The van der Waals surface area contributed by atoms with E-state index in [2.05, 4.69) is 9.80 Å². The van der Waals surface area contributed by atoms with E-state index in [1.165, 1.54) is 38.5 Å². The van der Waals surface area contributed by atoms with Gasteiger partial charge in [-0.2, -0.15) is 0 Å². The Balaban J connectivity index is 0.000000220. The number of piperazine rings is 2. The van der Waals surface area contributed by atoms with Crippen molar-refractivity contribution in [1.29, 1.82) is 0 Å². The predicted octanol–water partition coefficient (Wildman–Crippen LogP) is 3.62. The molecule has 0 radical (unpaired) electrons. The molecule has 2 saturated carbocycles. The molecule has 2 heterocycles. The predicted molar refractivity (Wildman–Crippen MR) is 159 cm³/mol. The number of hydrogen-bond donors (Lipinski definition) is 2. The van der Waals surface area contributed by atoms with Gasteiger partial charge in [-0.3, -0.25) is 9.80 Å². The first-order chi connectivity index (χ1) is 18.7. The van der Waals surface area contributed by atoms with Gasteiger partial charge >= 0.3 is 12.2 Å². The van der Waals surface area contributed by atoms with Crippen LogP contribution in [0.25, 0.3) is 0 Å². The van der Waals surface area contributed by atoms with Gasteiger partial charge in [0.1, 0.15) is 11.2 Å². The molecular weight excluding hydrogens is 508 g/mol. The highest BCUT2D eigenvalue weighted by molar-refractivity contribution is 5.68. The highest BCUT2D eigenvalue weighted by atomic mass is 16.6. The number of rotatable bonds is 2. The van der Waals surface area contributed by atoms with Gasteiger partial charge in [-0.05, 0) is 67.2 Å². The largest absolute Gasteiger partial charge is 0.444 e. The number of amides is 2.